The summed E-state index contributed by atoms with van der Waals surface area (Å²) in [5, 5.41) is 1.50. The number of carbonyl (C=O) groups is 2. The Labute approximate surface area is 70.7 Å². The molecule has 11 heavy (non-hydrogen) atoms. The van der Waals surface area contributed by atoms with E-state index in [0.717, 1.165) is 0 Å². The molecule has 0 unspecified atom stereocenters. The topological polar surface area (TPSA) is 55.4 Å². The fourth-order valence-corrected chi connectivity index (χ4v) is 0.437. The van der Waals surface area contributed by atoms with Crippen LogP contribution in [0, 0.1) is 0 Å². The molecule has 2 amide bonds. The van der Waals surface area contributed by atoms with E-state index in [1.165, 1.54) is 0 Å². The zero-order valence-corrected chi connectivity index (χ0v) is 7.35. The van der Waals surface area contributed by atoms with Gasteiger partial charge in [0.15, 0.2) is 0 Å². The standard InChI is InChI=1S/C6H11NO3S/c1-3-10-6(9)7-5(8)4(2)11/h4,11H,3H2,1-2H3,(H,7,8,9)/t4-/m0/s1. The highest BCUT2D eigenvalue weighted by molar-refractivity contribution is 7.81. The maximum Gasteiger partial charge on any atom is 0.413 e. The molecule has 0 heterocycles. The van der Waals surface area contributed by atoms with Gasteiger partial charge in [-0.05, 0) is 13.8 Å². The summed E-state index contributed by atoms with van der Waals surface area (Å²) >= 11 is 3.82. The van der Waals surface area contributed by atoms with E-state index in [0.29, 0.717) is 0 Å². The third-order valence-electron chi connectivity index (χ3n) is 0.880. The van der Waals surface area contributed by atoms with Crippen molar-refractivity contribution in [2.24, 2.45) is 0 Å². The van der Waals surface area contributed by atoms with Crippen molar-refractivity contribution in [3.05, 3.63) is 0 Å². The van der Waals surface area contributed by atoms with Crippen molar-refractivity contribution in [1.29, 1.82) is 0 Å². The Morgan fingerprint density at radius 3 is 2.55 bits per heavy atom. The molecule has 0 aromatic carbocycles. The monoisotopic (exact) mass is 177 g/mol. The summed E-state index contributed by atoms with van der Waals surface area (Å²) in [6.07, 6.45) is -0.724. The van der Waals surface area contributed by atoms with Crippen molar-refractivity contribution in [1.82, 2.24) is 5.32 Å². The van der Waals surface area contributed by atoms with Crippen molar-refractivity contribution in [2.75, 3.05) is 6.61 Å². The van der Waals surface area contributed by atoms with Gasteiger partial charge < -0.3 is 4.74 Å². The highest BCUT2D eigenvalue weighted by Gasteiger charge is 2.11. The van der Waals surface area contributed by atoms with E-state index in [9.17, 15) is 9.59 Å². The van der Waals surface area contributed by atoms with Crippen LogP contribution in [0.3, 0.4) is 0 Å². The van der Waals surface area contributed by atoms with Crippen LogP contribution in [-0.2, 0) is 9.53 Å². The van der Waals surface area contributed by atoms with Crippen molar-refractivity contribution in [2.45, 2.75) is 19.1 Å². The predicted octanol–water partition coefficient (Wildman–Crippen LogP) is 0.577. The molecule has 5 heteroatoms. The molecule has 0 rings (SSSR count). The number of hydrogen-bond acceptors (Lipinski definition) is 4. The number of alkyl carbamates (subject to hydrolysis) is 1. The second-order valence-corrected chi connectivity index (χ2v) is 2.66. The molecule has 0 aliphatic heterocycles. The van der Waals surface area contributed by atoms with Gasteiger partial charge >= 0.3 is 6.09 Å². The molecule has 0 saturated carbocycles. The van der Waals surface area contributed by atoms with Gasteiger partial charge in [-0.2, -0.15) is 12.6 Å². The second-order valence-electron chi connectivity index (χ2n) is 1.89. The normalized spacial score (nSPS) is 11.9. The molecule has 0 radical (unpaired) electrons. The summed E-state index contributed by atoms with van der Waals surface area (Å²) in [4.78, 5) is 21.3. The van der Waals surface area contributed by atoms with Gasteiger partial charge in [0, 0.05) is 0 Å². The smallest absolute Gasteiger partial charge is 0.413 e. The first kappa shape index (κ1) is 10.3. The van der Waals surface area contributed by atoms with E-state index in [1.807, 2.05) is 5.32 Å². The van der Waals surface area contributed by atoms with E-state index in [4.69, 9.17) is 0 Å². The van der Waals surface area contributed by atoms with Crippen molar-refractivity contribution in [3.8, 4) is 0 Å². The number of nitrogens with one attached hydrogen (secondary N) is 1. The summed E-state index contributed by atoms with van der Waals surface area (Å²) < 4.78 is 4.46. The fourth-order valence-electron chi connectivity index (χ4n) is 0.372. The van der Waals surface area contributed by atoms with E-state index in [-0.39, 0.29) is 6.61 Å². The number of amides is 2. The van der Waals surface area contributed by atoms with Gasteiger partial charge in [0.25, 0.3) is 0 Å². The first-order valence-corrected chi connectivity index (χ1v) is 3.75. The molecule has 0 aliphatic rings. The Morgan fingerprint density at radius 2 is 2.18 bits per heavy atom. The third kappa shape index (κ3) is 4.66. The molecular formula is C6H11NO3S. The van der Waals surface area contributed by atoms with Crippen molar-refractivity contribution < 1.29 is 14.3 Å². The maximum atomic E-state index is 10.7. The van der Waals surface area contributed by atoms with Crippen molar-refractivity contribution >= 4 is 24.6 Å². The lowest BCUT2D eigenvalue weighted by Gasteiger charge is -2.04. The Hall–Kier alpha value is -0.710. The van der Waals surface area contributed by atoms with Crippen LogP contribution in [0.25, 0.3) is 0 Å². The van der Waals surface area contributed by atoms with Gasteiger partial charge in [-0.1, -0.05) is 0 Å². The maximum absolute atomic E-state index is 10.7. The van der Waals surface area contributed by atoms with Crippen LogP contribution in [0.4, 0.5) is 4.79 Å². The van der Waals surface area contributed by atoms with Gasteiger partial charge in [0.05, 0.1) is 11.9 Å². The van der Waals surface area contributed by atoms with Gasteiger partial charge in [-0.25, -0.2) is 4.79 Å². The number of ether oxygens (including phenoxy) is 1. The number of thiol groups is 1. The largest absolute Gasteiger partial charge is 0.450 e. The summed E-state index contributed by atoms with van der Waals surface area (Å²) in [5.74, 6) is -0.452. The molecule has 4 nitrogen and oxygen atoms in total. The molecule has 0 aliphatic carbocycles. The van der Waals surface area contributed by atoms with Crippen LogP contribution < -0.4 is 5.32 Å². The van der Waals surface area contributed by atoms with E-state index < -0.39 is 17.3 Å². The minimum atomic E-state index is -0.724. The molecule has 0 fully saturated rings. The molecule has 0 saturated heterocycles. The molecule has 0 spiro atoms. The molecule has 0 bridgehead atoms. The van der Waals surface area contributed by atoms with Gasteiger partial charge in [-0.3, -0.25) is 10.1 Å². The predicted molar refractivity (Wildman–Crippen MR) is 43.6 cm³/mol. The van der Waals surface area contributed by atoms with Crippen molar-refractivity contribution in [3.63, 3.8) is 0 Å². The van der Waals surface area contributed by atoms with E-state index in [2.05, 4.69) is 17.4 Å². The zero-order valence-electron chi connectivity index (χ0n) is 6.46. The Morgan fingerprint density at radius 1 is 1.64 bits per heavy atom. The van der Waals surface area contributed by atoms with Crippen LogP contribution in [0.1, 0.15) is 13.8 Å². The fraction of sp³-hybridized carbons (Fsp3) is 0.667. The number of hydrogen-bond donors (Lipinski definition) is 2. The summed E-state index contributed by atoms with van der Waals surface area (Å²) in [5.41, 5.74) is 0. The van der Waals surface area contributed by atoms with Crippen LogP contribution in [0.15, 0.2) is 0 Å². The summed E-state index contributed by atoms with van der Waals surface area (Å²) in [7, 11) is 0. The first-order chi connectivity index (χ1) is 5.07. The lowest BCUT2D eigenvalue weighted by Crippen LogP contribution is -2.35. The zero-order chi connectivity index (χ0) is 8.85. The Bertz CT molecular complexity index is 158. The molecular weight excluding hydrogens is 166 g/mol. The third-order valence-corrected chi connectivity index (χ3v) is 1.11. The first-order valence-electron chi connectivity index (χ1n) is 3.23. The molecule has 1 N–H and O–H groups in total. The Balaban J connectivity index is 3.67. The highest BCUT2D eigenvalue weighted by Crippen LogP contribution is 1.91. The number of carbonyl (C=O) groups excluding carboxylic acids is 2. The molecule has 64 valence electrons. The molecule has 0 aromatic heterocycles. The lowest BCUT2D eigenvalue weighted by molar-refractivity contribution is -0.119. The summed E-state index contributed by atoms with van der Waals surface area (Å²) in [6.45, 7) is 3.48. The highest BCUT2D eigenvalue weighted by atomic mass is 32.1. The Kier molecular flexibility index (Phi) is 4.69. The SMILES string of the molecule is CCOC(=O)NC(=O)[C@H](C)S. The van der Waals surface area contributed by atoms with Crippen LogP contribution in [0.2, 0.25) is 0 Å². The van der Waals surface area contributed by atoms with Crippen LogP contribution in [-0.4, -0.2) is 23.9 Å². The average Bonchev–Trinajstić information content (AvgIpc) is 1.87. The average molecular weight is 177 g/mol. The van der Waals surface area contributed by atoms with Gasteiger partial charge in [0.2, 0.25) is 5.91 Å². The number of imide groups is 1. The minimum Gasteiger partial charge on any atom is -0.450 e. The van der Waals surface area contributed by atoms with Gasteiger partial charge in [-0.15, -0.1) is 0 Å². The second kappa shape index (κ2) is 5.01. The number of rotatable bonds is 2. The van der Waals surface area contributed by atoms with Crippen LogP contribution in [0.5, 0.6) is 0 Å². The van der Waals surface area contributed by atoms with E-state index >= 15 is 0 Å². The van der Waals surface area contributed by atoms with E-state index in [1.54, 1.807) is 13.8 Å². The lowest BCUT2D eigenvalue weighted by atomic mass is 10.4. The van der Waals surface area contributed by atoms with Gasteiger partial charge in [0.1, 0.15) is 0 Å². The molecule has 1 atom stereocenters. The van der Waals surface area contributed by atoms with Crippen LogP contribution >= 0.6 is 12.6 Å². The minimum absolute atomic E-state index is 0.250. The summed E-state index contributed by atoms with van der Waals surface area (Å²) in [6, 6.07) is 0. The molecule has 0 aromatic rings. The quantitative estimate of drug-likeness (QED) is 0.606.